The normalized spacial score (nSPS) is 16.5. The molecule has 0 bridgehead atoms. The molecule has 1 fully saturated rings. The van der Waals surface area contributed by atoms with Gasteiger partial charge >= 0.3 is 0 Å². The molecule has 0 atom stereocenters. The van der Waals surface area contributed by atoms with Crippen LogP contribution in [-0.2, 0) is 12.3 Å². The predicted octanol–water partition coefficient (Wildman–Crippen LogP) is 2.94. The lowest BCUT2D eigenvalue weighted by Gasteiger charge is -2.28. The highest BCUT2D eigenvalue weighted by Gasteiger charge is 2.13. The molecule has 88 valence electrons. The molecular weight excluding hydrogens is 240 g/mol. The van der Waals surface area contributed by atoms with E-state index in [-0.39, 0.29) is 0 Å². The van der Waals surface area contributed by atoms with Crippen LogP contribution >= 0.6 is 23.4 Å². The fourth-order valence-corrected chi connectivity index (χ4v) is 2.90. The summed E-state index contributed by atoms with van der Waals surface area (Å²) in [7, 11) is 0. The number of aryl methyl sites for hydroxylation is 1. The van der Waals surface area contributed by atoms with Crippen molar-refractivity contribution < 1.29 is 0 Å². The Morgan fingerprint density at radius 3 is 2.75 bits per heavy atom. The average molecular weight is 257 g/mol. The van der Waals surface area contributed by atoms with Gasteiger partial charge in [-0.2, -0.15) is 11.8 Å². The Morgan fingerprint density at radius 2 is 2.12 bits per heavy atom. The minimum atomic E-state index is 0.575. The Hall–Kier alpha value is -0.410. The van der Waals surface area contributed by atoms with Gasteiger partial charge in [-0.1, -0.05) is 6.92 Å². The predicted molar refractivity (Wildman–Crippen MR) is 72.7 cm³/mol. The summed E-state index contributed by atoms with van der Waals surface area (Å²) in [4.78, 5) is 7.05. The van der Waals surface area contributed by atoms with Crippen LogP contribution in [-0.4, -0.2) is 29.6 Å². The van der Waals surface area contributed by atoms with E-state index in [2.05, 4.69) is 28.9 Å². The van der Waals surface area contributed by atoms with Gasteiger partial charge in [0.1, 0.15) is 5.82 Å². The van der Waals surface area contributed by atoms with Crippen LogP contribution in [0.15, 0.2) is 12.1 Å². The van der Waals surface area contributed by atoms with Crippen molar-refractivity contribution in [3.05, 3.63) is 23.4 Å². The van der Waals surface area contributed by atoms with Crippen LogP contribution in [0, 0.1) is 0 Å². The maximum Gasteiger partial charge on any atom is 0.129 e. The second-order valence-corrected chi connectivity index (χ2v) is 5.40. The highest BCUT2D eigenvalue weighted by atomic mass is 35.5. The monoisotopic (exact) mass is 256 g/mol. The van der Waals surface area contributed by atoms with Crippen molar-refractivity contribution >= 4 is 29.2 Å². The maximum absolute atomic E-state index is 5.92. The number of alkyl halides is 1. The highest BCUT2D eigenvalue weighted by molar-refractivity contribution is 7.99. The van der Waals surface area contributed by atoms with Crippen molar-refractivity contribution in [2.24, 2.45) is 0 Å². The Kier molecular flexibility index (Phi) is 4.36. The molecular formula is C12H17ClN2S. The van der Waals surface area contributed by atoms with Crippen LogP contribution < -0.4 is 4.90 Å². The Morgan fingerprint density at radius 1 is 1.38 bits per heavy atom. The van der Waals surface area contributed by atoms with Crippen LogP contribution in [0.2, 0.25) is 0 Å². The van der Waals surface area contributed by atoms with Crippen molar-refractivity contribution in [1.82, 2.24) is 4.98 Å². The zero-order valence-electron chi connectivity index (χ0n) is 9.58. The molecule has 2 heterocycles. The lowest BCUT2D eigenvalue weighted by atomic mass is 10.2. The number of pyridine rings is 1. The van der Waals surface area contributed by atoms with Gasteiger partial charge in [-0.15, -0.1) is 11.6 Å². The zero-order chi connectivity index (χ0) is 11.4. The summed E-state index contributed by atoms with van der Waals surface area (Å²) in [5.41, 5.74) is 2.33. The SMILES string of the molecule is CCc1cc(CCl)cc(N2CCSCC2)n1. The van der Waals surface area contributed by atoms with E-state index in [1.165, 1.54) is 17.1 Å². The van der Waals surface area contributed by atoms with E-state index in [4.69, 9.17) is 11.6 Å². The largest absolute Gasteiger partial charge is 0.355 e. The molecule has 16 heavy (non-hydrogen) atoms. The molecule has 0 aliphatic carbocycles. The van der Waals surface area contributed by atoms with Gasteiger partial charge in [0.25, 0.3) is 0 Å². The molecule has 0 saturated carbocycles. The number of rotatable bonds is 3. The van der Waals surface area contributed by atoms with Crippen LogP contribution in [0.1, 0.15) is 18.2 Å². The summed E-state index contributed by atoms with van der Waals surface area (Å²) in [6, 6.07) is 4.23. The molecule has 1 saturated heterocycles. The molecule has 0 unspecified atom stereocenters. The molecule has 0 aromatic carbocycles. The van der Waals surface area contributed by atoms with E-state index in [0.717, 1.165) is 31.0 Å². The van der Waals surface area contributed by atoms with Crippen LogP contribution in [0.25, 0.3) is 0 Å². The number of hydrogen-bond donors (Lipinski definition) is 0. The quantitative estimate of drug-likeness (QED) is 0.774. The maximum atomic E-state index is 5.92. The summed E-state index contributed by atoms with van der Waals surface area (Å²) in [5, 5.41) is 0. The van der Waals surface area contributed by atoms with Crippen molar-refractivity contribution in [3.63, 3.8) is 0 Å². The number of hydrogen-bond acceptors (Lipinski definition) is 3. The molecule has 1 aromatic heterocycles. The van der Waals surface area contributed by atoms with E-state index in [1.54, 1.807) is 0 Å². The van der Waals surface area contributed by atoms with Crippen LogP contribution in [0.4, 0.5) is 5.82 Å². The summed E-state index contributed by atoms with van der Waals surface area (Å²) < 4.78 is 0. The molecule has 2 rings (SSSR count). The number of anilines is 1. The Bertz CT molecular complexity index is 329. The van der Waals surface area contributed by atoms with Gasteiger partial charge in [-0.25, -0.2) is 4.98 Å². The molecule has 1 aliphatic rings. The lowest BCUT2D eigenvalue weighted by Crippen LogP contribution is -2.33. The minimum Gasteiger partial charge on any atom is -0.355 e. The zero-order valence-corrected chi connectivity index (χ0v) is 11.2. The standard InChI is InChI=1S/C12H17ClN2S/c1-2-11-7-10(9-13)8-12(14-11)15-3-5-16-6-4-15/h7-8H,2-6,9H2,1H3. The third kappa shape index (κ3) is 2.83. The smallest absolute Gasteiger partial charge is 0.129 e. The first-order valence-electron chi connectivity index (χ1n) is 5.72. The molecule has 1 aromatic rings. The van der Waals surface area contributed by atoms with Gasteiger partial charge in [0.05, 0.1) is 0 Å². The van der Waals surface area contributed by atoms with Gasteiger partial charge < -0.3 is 4.90 Å². The molecule has 0 amide bonds. The Labute approximate surface area is 106 Å². The van der Waals surface area contributed by atoms with Gasteiger partial charge in [-0.3, -0.25) is 0 Å². The fourth-order valence-electron chi connectivity index (χ4n) is 1.85. The molecule has 4 heteroatoms. The average Bonchev–Trinajstić information content (AvgIpc) is 2.39. The number of halogens is 1. The van der Waals surface area contributed by atoms with Crippen molar-refractivity contribution in [3.8, 4) is 0 Å². The van der Waals surface area contributed by atoms with Crippen LogP contribution in [0.3, 0.4) is 0 Å². The number of aromatic nitrogens is 1. The van der Waals surface area contributed by atoms with Gasteiger partial charge in [0.15, 0.2) is 0 Å². The number of thioether (sulfide) groups is 1. The summed E-state index contributed by atoms with van der Waals surface area (Å²) in [5.74, 6) is 4.09. The summed E-state index contributed by atoms with van der Waals surface area (Å²) in [6.07, 6.45) is 0.973. The fraction of sp³-hybridized carbons (Fsp3) is 0.583. The number of nitrogens with zero attached hydrogens (tertiary/aromatic N) is 2. The third-order valence-corrected chi connectivity index (χ3v) is 4.03. The first-order chi connectivity index (χ1) is 7.83. The van der Waals surface area contributed by atoms with Crippen molar-refractivity contribution in [2.45, 2.75) is 19.2 Å². The van der Waals surface area contributed by atoms with E-state index >= 15 is 0 Å². The first-order valence-corrected chi connectivity index (χ1v) is 7.41. The van der Waals surface area contributed by atoms with Crippen LogP contribution in [0.5, 0.6) is 0 Å². The first kappa shape index (κ1) is 12.1. The summed E-state index contributed by atoms with van der Waals surface area (Å²) >= 11 is 7.93. The minimum absolute atomic E-state index is 0.575. The molecule has 0 spiro atoms. The Balaban J connectivity index is 2.24. The lowest BCUT2D eigenvalue weighted by molar-refractivity contribution is 0.829. The molecule has 2 nitrogen and oxygen atoms in total. The van der Waals surface area contributed by atoms with E-state index in [9.17, 15) is 0 Å². The third-order valence-electron chi connectivity index (χ3n) is 2.78. The topological polar surface area (TPSA) is 16.1 Å². The van der Waals surface area contributed by atoms with Gasteiger partial charge in [0, 0.05) is 36.2 Å². The highest BCUT2D eigenvalue weighted by Crippen LogP contribution is 2.20. The molecule has 1 aliphatic heterocycles. The van der Waals surface area contributed by atoms with Crippen molar-refractivity contribution in [2.75, 3.05) is 29.5 Å². The second kappa shape index (κ2) is 5.78. The van der Waals surface area contributed by atoms with E-state index in [0.29, 0.717) is 5.88 Å². The van der Waals surface area contributed by atoms with Gasteiger partial charge in [-0.05, 0) is 24.1 Å². The van der Waals surface area contributed by atoms with E-state index < -0.39 is 0 Å². The van der Waals surface area contributed by atoms with Crippen molar-refractivity contribution in [1.29, 1.82) is 0 Å². The van der Waals surface area contributed by atoms with E-state index in [1.807, 2.05) is 11.8 Å². The summed E-state index contributed by atoms with van der Waals surface area (Å²) in [6.45, 7) is 4.34. The van der Waals surface area contributed by atoms with Gasteiger partial charge in [0.2, 0.25) is 0 Å². The molecule has 0 radical (unpaired) electrons. The second-order valence-electron chi connectivity index (χ2n) is 3.91. The molecule has 0 N–H and O–H groups in total.